The van der Waals surface area contributed by atoms with Crippen molar-refractivity contribution in [1.82, 2.24) is 20.4 Å². The first-order valence-electron chi connectivity index (χ1n) is 20.8. The fourth-order valence-corrected chi connectivity index (χ4v) is 7.25. The summed E-state index contributed by atoms with van der Waals surface area (Å²) in [6.45, 7) is 8.46. The van der Waals surface area contributed by atoms with Crippen LogP contribution in [0.3, 0.4) is 0 Å². The molecule has 2 fully saturated rings. The van der Waals surface area contributed by atoms with Gasteiger partial charge in [0.15, 0.2) is 0 Å². The van der Waals surface area contributed by atoms with Gasteiger partial charge in [0.05, 0.1) is 62.1 Å². The van der Waals surface area contributed by atoms with Crippen molar-refractivity contribution in [2.24, 2.45) is 11.8 Å². The molecular formula is C42H62Cl2N6O11. The molecule has 2 heterocycles. The highest BCUT2D eigenvalue weighted by Crippen LogP contribution is 2.30. The normalized spacial score (nSPS) is 15.3. The number of piperidine rings is 2. The van der Waals surface area contributed by atoms with Crippen LogP contribution in [0.1, 0.15) is 59.2 Å². The molecule has 2 aliphatic heterocycles. The van der Waals surface area contributed by atoms with Crippen LogP contribution < -0.4 is 31.6 Å². The summed E-state index contributed by atoms with van der Waals surface area (Å²) >= 11 is 12.1. The second kappa shape index (κ2) is 27.1. The van der Waals surface area contributed by atoms with Gasteiger partial charge in [-0.15, -0.1) is 0 Å². The number of nitrogen functional groups attached to an aromatic ring is 2. The van der Waals surface area contributed by atoms with Crippen LogP contribution in [-0.2, 0) is 33.3 Å². The van der Waals surface area contributed by atoms with E-state index in [9.17, 15) is 19.2 Å². The molecule has 2 saturated heterocycles. The van der Waals surface area contributed by atoms with Crippen LogP contribution in [0.2, 0.25) is 10.0 Å². The number of nitrogens with one attached hydrogen (secondary N) is 2. The second-order valence-electron chi connectivity index (χ2n) is 14.8. The molecule has 2 aromatic carbocycles. The Kier molecular flexibility index (Phi) is 22.0. The average Bonchev–Trinajstić information content (AvgIpc) is 3.26. The molecule has 2 aromatic rings. The average molecular weight is 898 g/mol. The van der Waals surface area contributed by atoms with Gasteiger partial charge in [-0.05, 0) is 76.8 Å². The van der Waals surface area contributed by atoms with E-state index in [1.165, 1.54) is 38.5 Å². The quantitative estimate of drug-likeness (QED) is 0.0602. The molecular weight excluding hydrogens is 835 g/mol. The van der Waals surface area contributed by atoms with Crippen LogP contribution in [0, 0.1) is 11.8 Å². The number of methoxy groups -OCH3 is 2. The lowest BCUT2D eigenvalue weighted by molar-refractivity contribution is -0.127. The first kappa shape index (κ1) is 49.6. The van der Waals surface area contributed by atoms with E-state index in [2.05, 4.69) is 20.4 Å². The lowest BCUT2D eigenvalue weighted by atomic mass is 9.96. The van der Waals surface area contributed by atoms with E-state index >= 15 is 0 Å². The highest BCUT2D eigenvalue weighted by Gasteiger charge is 2.27. The molecule has 0 radical (unpaired) electrons. The number of anilines is 2. The van der Waals surface area contributed by atoms with E-state index in [1.807, 2.05) is 0 Å². The van der Waals surface area contributed by atoms with Crippen molar-refractivity contribution >= 4 is 58.3 Å². The summed E-state index contributed by atoms with van der Waals surface area (Å²) in [4.78, 5) is 54.8. The number of esters is 2. The molecule has 17 nitrogen and oxygen atoms in total. The van der Waals surface area contributed by atoms with Crippen LogP contribution in [-0.4, -0.2) is 153 Å². The zero-order valence-electron chi connectivity index (χ0n) is 35.3. The summed E-state index contributed by atoms with van der Waals surface area (Å²) in [6.07, 6.45) is 4.37. The molecule has 340 valence electrons. The minimum Gasteiger partial charge on any atom is -0.496 e. The summed E-state index contributed by atoms with van der Waals surface area (Å²) in [5.74, 6) is -0.425. The van der Waals surface area contributed by atoms with E-state index < -0.39 is 11.9 Å². The van der Waals surface area contributed by atoms with Gasteiger partial charge < -0.3 is 55.3 Å². The van der Waals surface area contributed by atoms with Gasteiger partial charge in [0.1, 0.15) is 35.8 Å². The first-order valence-corrected chi connectivity index (χ1v) is 21.6. The number of halogens is 2. The zero-order valence-corrected chi connectivity index (χ0v) is 36.8. The lowest BCUT2D eigenvalue weighted by Crippen LogP contribution is -2.42. The van der Waals surface area contributed by atoms with Crippen LogP contribution in [0.4, 0.5) is 11.4 Å². The molecule has 0 aromatic heterocycles. The van der Waals surface area contributed by atoms with E-state index in [1.54, 1.807) is 0 Å². The Bertz CT molecular complexity index is 1590. The van der Waals surface area contributed by atoms with Crippen molar-refractivity contribution in [2.75, 3.05) is 131 Å². The summed E-state index contributed by atoms with van der Waals surface area (Å²) in [7, 11) is 2.89. The minimum absolute atomic E-state index is 0.0427. The molecule has 6 N–H and O–H groups in total. The van der Waals surface area contributed by atoms with E-state index in [4.69, 9.17) is 67.8 Å². The van der Waals surface area contributed by atoms with Crippen molar-refractivity contribution in [3.05, 3.63) is 45.4 Å². The number of likely N-dealkylation sites (tertiary alicyclic amines) is 2. The van der Waals surface area contributed by atoms with Crippen molar-refractivity contribution in [2.45, 2.75) is 38.5 Å². The topological polar surface area (TPSA) is 215 Å². The van der Waals surface area contributed by atoms with E-state index in [-0.39, 0.29) is 58.0 Å². The molecule has 0 unspecified atom stereocenters. The van der Waals surface area contributed by atoms with E-state index in [0.29, 0.717) is 102 Å². The second-order valence-corrected chi connectivity index (χ2v) is 15.6. The largest absolute Gasteiger partial charge is 0.496 e. The maximum Gasteiger partial charge on any atom is 0.342 e. The smallest absolute Gasteiger partial charge is 0.342 e. The Morgan fingerprint density at radius 3 is 1.31 bits per heavy atom. The maximum absolute atomic E-state index is 12.7. The summed E-state index contributed by atoms with van der Waals surface area (Å²) in [5, 5.41) is 6.54. The number of ether oxygens (including phenoxy) is 7. The molecule has 0 saturated carbocycles. The molecule has 2 amide bonds. The van der Waals surface area contributed by atoms with Crippen molar-refractivity contribution in [3.63, 3.8) is 0 Å². The van der Waals surface area contributed by atoms with Gasteiger partial charge in [0, 0.05) is 63.4 Å². The Balaban J connectivity index is 0.894. The summed E-state index contributed by atoms with van der Waals surface area (Å²) in [5.41, 5.74) is 12.7. The van der Waals surface area contributed by atoms with E-state index in [0.717, 1.165) is 51.9 Å². The maximum atomic E-state index is 12.7. The number of nitrogens with zero attached hydrogens (tertiary/aromatic N) is 2. The van der Waals surface area contributed by atoms with Crippen LogP contribution >= 0.6 is 23.2 Å². The molecule has 61 heavy (non-hydrogen) atoms. The third-order valence-electron chi connectivity index (χ3n) is 10.5. The molecule has 0 spiro atoms. The standard InChI is InChI=1S/C42H62Cl2N6O11/c1-55-37-27-35(45)33(43)25-31(37)41(53)60-19-15-49-11-5-29(6-12-49)39(51)47-9-3-17-57-21-23-59-24-22-58-18-4-10-48-40(52)30-7-13-50(14-8-30)16-20-61-42(54)32-26-34(44)36(46)28-38(32)56-2/h25-30H,3-24,45-46H2,1-2H3,(H,47,51)(H,48,52). The number of carbonyl (C=O) groups excluding carboxylic acids is 4. The number of hydrogen-bond donors (Lipinski definition) is 4. The van der Waals surface area contributed by atoms with Gasteiger partial charge in [0.25, 0.3) is 0 Å². The molecule has 0 bridgehead atoms. The van der Waals surface area contributed by atoms with Gasteiger partial charge in [0.2, 0.25) is 11.8 Å². The number of rotatable bonds is 26. The fourth-order valence-electron chi connectivity index (χ4n) is 6.93. The fraction of sp³-hybridized carbons (Fsp3) is 0.619. The minimum atomic E-state index is -0.532. The van der Waals surface area contributed by atoms with Gasteiger partial charge >= 0.3 is 11.9 Å². The number of nitrogens with two attached hydrogens (primary N) is 2. The summed E-state index contributed by atoms with van der Waals surface area (Å²) in [6, 6.07) is 5.88. The predicted molar refractivity (Wildman–Crippen MR) is 231 cm³/mol. The van der Waals surface area contributed by atoms with Gasteiger partial charge in [-0.2, -0.15) is 0 Å². The van der Waals surface area contributed by atoms with Gasteiger partial charge in [-0.25, -0.2) is 9.59 Å². The number of benzene rings is 2. The van der Waals surface area contributed by atoms with Gasteiger partial charge in [-0.3, -0.25) is 19.4 Å². The molecule has 0 aliphatic carbocycles. The van der Waals surface area contributed by atoms with Crippen molar-refractivity contribution in [3.8, 4) is 11.5 Å². The third-order valence-corrected chi connectivity index (χ3v) is 11.2. The summed E-state index contributed by atoms with van der Waals surface area (Å²) < 4.78 is 38.1. The van der Waals surface area contributed by atoms with Crippen molar-refractivity contribution in [1.29, 1.82) is 0 Å². The number of carbonyl (C=O) groups is 4. The highest BCUT2D eigenvalue weighted by atomic mass is 35.5. The SMILES string of the molecule is COc1cc(N)c(Cl)cc1C(=O)OCCN1CCC(C(=O)NCCCOCCOCCOCCCNC(=O)C2CCN(CCOC(=O)c3cc(Cl)c(N)cc3OC)CC2)CC1. The first-order chi connectivity index (χ1) is 29.5. The molecule has 2 aliphatic rings. The van der Waals surface area contributed by atoms with Gasteiger partial charge in [-0.1, -0.05) is 23.2 Å². The van der Waals surface area contributed by atoms with Crippen LogP contribution in [0.25, 0.3) is 0 Å². The number of amides is 2. The third kappa shape index (κ3) is 16.9. The number of hydrogen-bond acceptors (Lipinski definition) is 15. The Morgan fingerprint density at radius 1 is 0.590 bits per heavy atom. The molecule has 0 atom stereocenters. The highest BCUT2D eigenvalue weighted by molar-refractivity contribution is 6.34. The van der Waals surface area contributed by atoms with Crippen LogP contribution in [0.15, 0.2) is 24.3 Å². The lowest BCUT2D eigenvalue weighted by Gasteiger charge is -2.31. The molecule has 4 rings (SSSR count). The van der Waals surface area contributed by atoms with Crippen molar-refractivity contribution < 1.29 is 52.3 Å². The predicted octanol–water partition coefficient (Wildman–Crippen LogP) is 3.68. The van der Waals surface area contributed by atoms with Crippen LogP contribution in [0.5, 0.6) is 11.5 Å². The Hall–Kier alpha value is -4.10. The Morgan fingerprint density at radius 2 is 0.951 bits per heavy atom. The molecule has 19 heteroatoms. The Labute approximate surface area is 368 Å². The monoisotopic (exact) mass is 896 g/mol. The zero-order chi connectivity index (χ0) is 44.0.